The standard InChI is InChI=1S/C9H13ClN2O2S3/c1-6-8(16-9(10)12-6)17(13,14)11-5-7-3-2-4-15-7/h7,11H,2-5H2,1H3. The van der Waals surface area contributed by atoms with Crippen molar-refractivity contribution in [3.8, 4) is 0 Å². The Hall–Kier alpha value is 0.180. The monoisotopic (exact) mass is 312 g/mol. The van der Waals surface area contributed by atoms with Crippen LogP contribution in [0.2, 0.25) is 4.47 Å². The van der Waals surface area contributed by atoms with E-state index in [1.165, 1.54) is 6.42 Å². The van der Waals surface area contributed by atoms with Crippen LogP contribution in [0, 0.1) is 6.92 Å². The first-order valence-corrected chi connectivity index (χ1v) is 8.96. The number of thiazole rings is 1. The van der Waals surface area contributed by atoms with Gasteiger partial charge in [0, 0.05) is 11.8 Å². The van der Waals surface area contributed by atoms with Crippen molar-refractivity contribution in [3.63, 3.8) is 0 Å². The summed E-state index contributed by atoms with van der Waals surface area (Å²) in [5.41, 5.74) is 0.464. The molecule has 0 amide bonds. The highest BCUT2D eigenvalue weighted by Crippen LogP contribution is 2.28. The van der Waals surface area contributed by atoms with E-state index in [4.69, 9.17) is 11.6 Å². The fourth-order valence-electron chi connectivity index (χ4n) is 1.67. The van der Waals surface area contributed by atoms with Gasteiger partial charge in [-0.1, -0.05) is 22.9 Å². The molecule has 0 bridgehead atoms. The van der Waals surface area contributed by atoms with Crippen molar-refractivity contribution >= 4 is 44.7 Å². The third-order valence-corrected chi connectivity index (χ3v) is 7.19. The fraction of sp³-hybridized carbons (Fsp3) is 0.667. The molecule has 0 aromatic carbocycles. The van der Waals surface area contributed by atoms with Gasteiger partial charge in [0.2, 0.25) is 0 Å². The molecule has 0 spiro atoms. The second-order valence-corrected chi connectivity index (χ2v) is 8.78. The smallest absolute Gasteiger partial charge is 0.229 e. The van der Waals surface area contributed by atoms with Crippen molar-refractivity contribution in [2.75, 3.05) is 12.3 Å². The molecule has 96 valence electrons. The number of hydrogen-bond acceptors (Lipinski definition) is 5. The average molecular weight is 313 g/mol. The van der Waals surface area contributed by atoms with E-state index in [0.29, 0.717) is 17.5 Å². The van der Waals surface area contributed by atoms with Gasteiger partial charge in [0.05, 0.1) is 5.69 Å². The molecule has 1 unspecified atom stereocenters. The first-order chi connectivity index (χ1) is 7.99. The number of nitrogens with zero attached hydrogens (tertiary/aromatic N) is 1. The predicted molar refractivity (Wildman–Crippen MR) is 72.5 cm³/mol. The number of aryl methyl sites for hydroxylation is 1. The highest BCUT2D eigenvalue weighted by atomic mass is 35.5. The van der Waals surface area contributed by atoms with Gasteiger partial charge >= 0.3 is 0 Å². The Morgan fingerprint density at radius 1 is 1.59 bits per heavy atom. The van der Waals surface area contributed by atoms with Gasteiger partial charge in [0.1, 0.15) is 0 Å². The maximum Gasteiger partial charge on any atom is 0.252 e. The van der Waals surface area contributed by atoms with Crippen molar-refractivity contribution < 1.29 is 8.42 Å². The molecule has 17 heavy (non-hydrogen) atoms. The van der Waals surface area contributed by atoms with Gasteiger partial charge < -0.3 is 0 Å². The van der Waals surface area contributed by atoms with Crippen LogP contribution in [0.4, 0.5) is 0 Å². The van der Waals surface area contributed by atoms with E-state index < -0.39 is 10.0 Å². The number of sulfonamides is 1. The average Bonchev–Trinajstić information content (AvgIpc) is 2.85. The number of aromatic nitrogens is 1. The molecular weight excluding hydrogens is 300 g/mol. The van der Waals surface area contributed by atoms with Gasteiger partial charge in [-0.3, -0.25) is 0 Å². The van der Waals surface area contributed by atoms with Crippen LogP contribution < -0.4 is 4.72 Å². The van der Waals surface area contributed by atoms with Gasteiger partial charge in [-0.2, -0.15) is 11.8 Å². The lowest BCUT2D eigenvalue weighted by molar-refractivity contribution is 0.580. The molecule has 1 aromatic heterocycles. The SMILES string of the molecule is Cc1nc(Cl)sc1S(=O)(=O)NCC1CCCS1. The Labute approximate surface area is 114 Å². The first-order valence-electron chi connectivity index (χ1n) is 5.23. The summed E-state index contributed by atoms with van der Waals surface area (Å²) < 4.78 is 27.2. The van der Waals surface area contributed by atoms with E-state index >= 15 is 0 Å². The topological polar surface area (TPSA) is 59.1 Å². The molecule has 4 nitrogen and oxygen atoms in total. The molecule has 1 fully saturated rings. The second-order valence-electron chi connectivity index (χ2n) is 3.83. The second kappa shape index (κ2) is 5.44. The van der Waals surface area contributed by atoms with Gasteiger partial charge in [-0.25, -0.2) is 18.1 Å². The largest absolute Gasteiger partial charge is 0.252 e. The molecule has 2 heterocycles. The molecular formula is C9H13ClN2O2S3. The molecule has 1 aromatic rings. The van der Waals surface area contributed by atoms with Crippen LogP contribution in [0.5, 0.6) is 0 Å². The number of halogens is 1. The molecule has 1 saturated heterocycles. The summed E-state index contributed by atoms with van der Waals surface area (Å²) in [4.78, 5) is 3.92. The molecule has 0 saturated carbocycles. The Bertz CT molecular complexity index is 494. The van der Waals surface area contributed by atoms with Crippen molar-refractivity contribution in [2.45, 2.75) is 29.2 Å². The van der Waals surface area contributed by atoms with E-state index in [1.807, 2.05) is 11.8 Å². The first kappa shape index (κ1) is 13.6. The van der Waals surface area contributed by atoms with E-state index in [0.717, 1.165) is 23.5 Å². The summed E-state index contributed by atoms with van der Waals surface area (Å²) >= 11 is 8.53. The maximum absolute atomic E-state index is 12.0. The summed E-state index contributed by atoms with van der Waals surface area (Å²) in [5, 5.41) is 0.397. The van der Waals surface area contributed by atoms with Crippen LogP contribution in [-0.4, -0.2) is 30.9 Å². The minimum absolute atomic E-state index is 0.227. The summed E-state index contributed by atoms with van der Waals surface area (Å²) in [7, 11) is -3.45. The van der Waals surface area contributed by atoms with Crippen molar-refractivity contribution in [3.05, 3.63) is 10.2 Å². The van der Waals surface area contributed by atoms with Crippen LogP contribution in [-0.2, 0) is 10.0 Å². The Balaban J connectivity index is 2.05. The zero-order valence-corrected chi connectivity index (χ0v) is 12.5. The lowest BCUT2D eigenvalue weighted by Crippen LogP contribution is -2.29. The Morgan fingerprint density at radius 3 is 2.88 bits per heavy atom. The molecule has 1 atom stereocenters. The molecule has 0 radical (unpaired) electrons. The summed E-state index contributed by atoms with van der Waals surface area (Å²) in [6, 6.07) is 0. The number of thioether (sulfide) groups is 1. The highest BCUT2D eigenvalue weighted by Gasteiger charge is 2.23. The van der Waals surface area contributed by atoms with Gasteiger partial charge in [0.15, 0.2) is 8.68 Å². The van der Waals surface area contributed by atoms with E-state index in [9.17, 15) is 8.42 Å². The quantitative estimate of drug-likeness (QED) is 0.926. The number of rotatable bonds is 4. The molecule has 1 aliphatic rings. The lowest BCUT2D eigenvalue weighted by atomic mass is 10.2. The molecule has 0 aliphatic carbocycles. The molecule has 1 aliphatic heterocycles. The zero-order chi connectivity index (χ0) is 12.5. The summed E-state index contributed by atoms with van der Waals surface area (Å²) in [5.74, 6) is 1.12. The van der Waals surface area contributed by atoms with Crippen LogP contribution in [0.1, 0.15) is 18.5 Å². The molecule has 1 N–H and O–H groups in total. The molecule has 2 rings (SSSR count). The third kappa shape index (κ3) is 3.35. The van der Waals surface area contributed by atoms with E-state index in [2.05, 4.69) is 9.71 Å². The zero-order valence-electron chi connectivity index (χ0n) is 9.27. The normalized spacial score (nSPS) is 20.9. The van der Waals surface area contributed by atoms with Gasteiger partial charge in [-0.15, -0.1) is 0 Å². The van der Waals surface area contributed by atoms with E-state index in [1.54, 1.807) is 6.92 Å². The fourth-order valence-corrected chi connectivity index (χ4v) is 5.84. The van der Waals surface area contributed by atoms with Gasteiger partial charge in [-0.05, 0) is 25.5 Å². The van der Waals surface area contributed by atoms with Crippen LogP contribution in [0.15, 0.2) is 4.21 Å². The minimum Gasteiger partial charge on any atom is -0.229 e. The number of hydrogen-bond donors (Lipinski definition) is 1. The van der Waals surface area contributed by atoms with Crippen LogP contribution in [0.3, 0.4) is 0 Å². The van der Waals surface area contributed by atoms with E-state index in [-0.39, 0.29) is 8.68 Å². The van der Waals surface area contributed by atoms with Crippen LogP contribution in [0.25, 0.3) is 0 Å². The minimum atomic E-state index is -3.45. The Morgan fingerprint density at radius 2 is 2.35 bits per heavy atom. The summed E-state index contributed by atoms with van der Waals surface area (Å²) in [6.45, 7) is 2.14. The summed E-state index contributed by atoms with van der Waals surface area (Å²) in [6.07, 6.45) is 2.25. The maximum atomic E-state index is 12.0. The lowest BCUT2D eigenvalue weighted by Gasteiger charge is -2.09. The van der Waals surface area contributed by atoms with Crippen molar-refractivity contribution in [1.29, 1.82) is 0 Å². The molecule has 8 heteroatoms. The third-order valence-electron chi connectivity index (χ3n) is 2.50. The Kier molecular flexibility index (Phi) is 4.35. The van der Waals surface area contributed by atoms with Crippen molar-refractivity contribution in [1.82, 2.24) is 9.71 Å². The van der Waals surface area contributed by atoms with Crippen molar-refractivity contribution in [2.24, 2.45) is 0 Å². The van der Waals surface area contributed by atoms with Gasteiger partial charge in [0.25, 0.3) is 10.0 Å². The van der Waals surface area contributed by atoms with Crippen LogP contribution >= 0.6 is 34.7 Å². The number of nitrogens with one attached hydrogen (secondary N) is 1. The highest BCUT2D eigenvalue weighted by molar-refractivity contribution is 8.00. The predicted octanol–water partition coefficient (Wildman–Crippen LogP) is 2.28.